The van der Waals surface area contributed by atoms with Gasteiger partial charge < -0.3 is 5.32 Å². The SMILES string of the molecule is N#Cc1ccc(CCCNc2nc(-c3ccc(Cl)cc3Cl)c(Br)c3ncc(Br)n23)nc1. The van der Waals surface area contributed by atoms with Gasteiger partial charge in [0.15, 0.2) is 5.65 Å². The summed E-state index contributed by atoms with van der Waals surface area (Å²) in [5.74, 6) is 0.636. The summed E-state index contributed by atoms with van der Waals surface area (Å²) in [7, 11) is 0. The Kier molecular flexibility index (Phi) is 6.77. The third-order valence-electron chi connectivity index (χ3n) is 4.59. The predicted molar refractivity (Wildman–Crippen MR) is 130 cm³/mol. The molecule has 0 atom stereocenters. The molecule has 0 fully saturated rings. The Balaban J connectivity index is 1.59. The highest BCUT2D eigenvalue weighted by atomic mass is 79.9. The van der Waals surface area contributed by atoms with E-state index in [1.165, 1.54) is 0 Å². The third-order valence-corrected chi connectivity index (χ3v) is 6.42. The summed E-state index contributed by atoms with van der Waals surface area (Å²) >= 11 is 19.6. The maximum absolute atomic E-state index is 8.88. The van der Waals surface area contributed by atoms with Crippen LogP contribution >= 0.6 is 55.1 Å². The highest BCUT2D eigenvalue weighted by Gasteiger charge is 2.18. The van der Waals surface area contributed by atoms with E-state index in [9.17, 15) is 0 Å². The van der Waals surface area contributed by atoms with Crippen molar-refractivity contribution in [2.45, 2.75) is 12.8 Å². The van der Waals surface area contributed by atoms with Crippen molar-refractivity contribution in [1.29, 1.82) is 5.26 Å². The van der Waals surface area contributed by atoms with Crippen LogP contribution in [0.2, 0.25) is 10.0 Å². The first-order valence-electron chi connectivity index (χ1n) is 9.24. The number of nitrogens with one attached hydrogen (secondary N) is 1. The molecule has 1 N–H and O–H groups in total. The van der Waals surface area contributed by atoms with Gasteiger partial charge in [-0.1, -0.05) is 23.2 Å². The molecule has 0 aliphatic heterocycles. The Hall–Kier alpha value is -2.18. The van der Waals surface area contributed by atoms with Crippen molar-refractivity contribution in [1.82, 2.24) is 19.4 Å². The zero-order chi connectivity index (χ0) is 22.0. The molecule has 156 valence electrons. The monoisotopic (exact) mass is 578 g/mol. The molecule has 6 nitrogen and oxygen atoms in total. The summed E-state index contributed by atoms with van der Waals surface area (Å²) in [5, 5.41) is 13.3. The molecule has 0 saturated heterocycles. The van der Waals surface area contributed by atoms with Crippen molar-refractivity contribution < 1.29 is 0 Å². The van der Waals surface area contributed by atoms with Gasteiger partial charge in [-0.05, 0) is 75.0 Å². The van der Waals surface area contributed by atoms with Crippen LogP contribution in [0.15, 0.2) is 51.8 Å². The minimum absolute atomic E-state index is 0.508. The molecule has 0 amide bonds. The fourth-order valence-corrected chi connectivity index (χ4v) is 4.60. The lowest BCUT2D eigenvalue weighted by molar-refractivity contribution is 0.824. The largest absolute Gasteiger partial charge is 0.355 e. The molecule has 10 heteroatoms. The fourth-order valence-electron chi connectivity index (χ4n) is 3.09. The highest BCUT2D eigenvalue weighted by Crippen LogP contribution is 2.37. The second kappa shape index (κ2) is 9.53. The normalized spacial score (nSPS) is 10.9. The first-order chi connectivity index (χ1) is 15.0. The summed E-state index contributed by atoms with van der Waals surface area (Å²) in [5.41, 5.74) is 3.63. The fraction of sp³-hybridized carbons (Fsp3) is 0.143. The van der Waals surface area contributed by atoms with Gasteiger partial charge in [-0.25, -0.2) is 9.97 Å². The number of rotatable bonds is 6. The van der Waals surface area contributed by atoms with E-state index in [4.69, 9.17) is 33.4 Å². The van der Waals surface area contributed by atoms with Crippen LogP contribution in [0, 0.1) is 11.3 Å². The van der Waals surface area contributed by atoms with Gasteiger partial charge in [0.25, 0.3) is 0 Å². The quantitative estimate of drug-likeness (QED) is 0.262. The van der Waals surface area contributed by atoms with Gasteiger partial charge in [0.2, 0.25) is 5.95 Å². The third kappa shape index (κ3) is 4.70. The van der Waals surface area contributed by atoms with E-state index in [2.05, 4.69) is 53.2 Å². The second-order valence-electron chi connectivity index (χ2n) is 6.64. The lowest BCUT2D eigenvalue weighted by atomic mass is 10.1. The molecule has 0 saturated carbocycles. The molecular formula is C21H14Br2Cl2N6. The van der Waals surface area contributed by atoms with Crippen molar-refractivity contribution in [3.05, 3.63) is 73.1 Å². The lowest BCUT2D eigenvalue weighted by Gasteiger charge is -2.14. The number of hydrogen-bond donors (Lipinski definition) is 1. The number of nitrogens with zero attached hydrogens (tertiary/aromatic N) is 5. The zero-order valence-corrected chi connectivity index (χ0v) is 20.6. The molecule has 0 radical (unpaired) electrons. The summed E-state index contributed by atoms with van der Waals surface area (Å²) in [6, 6.07) is 11.0. The van der Waals surface area contributed by atoms with E-state index in [1.54, 1.807) is 30.6 Å². The van der Waals surface area contributed by atoms with Crippen molar-refractivity contribution in [3.8, 4) is 17.3 Å². The standard InChI is InChI=1S/C21H14Br2Cl2N6/c22-17-11-29-20-18(23)19(15-6-4-13(24)8-16(15)25)30-21(31(17)20)27-7-1-2-14-5-3-12(9-26)10-28-14/h3-6,8,10-11H,1-2,7H2,(H,27,30). The van der Waals surface area contributed by atoms with Crippen molar-refractivity contribution in [3.63, 3.8) is 0 Å². The minimum atomic E-state index is 0.508. The van der Waals surface area contributed by atoms with Gasteiger partial charge in [-0.3, -0.25) is 9.38 Å². The maximum atomic E-state index is 8.88. The number of aromatic nitrogens is 4. The molecule has 31 heavy (non-hydrogen) atoms. The Bertz CT molecular complexity index is 1300. The predicted octanol–water partition coefficient (Wildman–Crippen LogP) is 6.54. The molecule has 3 aromatic heterocycles. The highest BCUT2D eigenvalue weighted by molar-refractivity contribution is 9.11. The van der Waals surface area contributed by atoms with E-state index in [-0.39, 0.29) is 0 Å². The Morgan fingerprint density at radius 2 is 1.94 bits per heavy atom. The van der Waals surface area contributed by atoms with Gasteiger partial charge in [0.1, 0.15) is 10.7 Å². The van der Waals surface area contributed by atoms with Crippen molar-refractivity contribution in [2.24, 2.45) is 0 Å². The second-order valence-corrected chi connectivity index (χ2v) is 9.09. The van der Waals surface area contributed by atoms with Crippen LogP contribution in [-0.4, -0.2) is 25.9 Å². The summed E-state index contributed by atoms with van der Waals surface area (Å²) in [6.45, 7) is 0.670. The first-order valence-corrected chi connectivity index (χ1v) is 11.6. The van der Waals surface area contributed by atoms with Crippen LogP contribution < -0.4 is 5.32 Å². The molecule has 4 aromatic rings. The number of benzene rings is 1. The van der Waals surface area contributed by atoms with Gasteiger partial charge in [-0.15, -0.1) is 0 Å². The molecule has 0 unspecified atom stereocenters. The number of imidazole rings is 1. The Labute approximate surface area is 205 Å². The first kappa shape index (κ1) is 22.0. The van der Waals surface area contributed by atoms with Crippen LogP contribution in [-0.2, 0) is 6.42 Å². The van der Waals surface area contributed by atoms with Gasteiger partial charge >= 0.3 is 0 Å². The summed E-state index contributed by atoms with van der Waals surface area (Å²) in [6.07, 6.45) is 4.93. The minimum Gasteiger partial charge on any atom is -0.355 e. The molecule has 0 spiro atoms. The maximum Gasteiger partial charge on any atom is 0.210 e. The van der Waals surface area contributed by atoms with E-state index < -0.39 is 0 Å². The van der Waals surface area contributed by atoms with Crippen LogP contribution in [0.1, 0.15) is 17.7 Å². The van der Waals surface area contributed by atoms with Crippen LogP contribution in [0.3, 0.4) is 0 Å². The number of anilines is 1. The molecule has 0 aliphatic carbocycles. The Morgan fingerprint density at radius 3 is 2.65 bits per heavy atom. The average molecular weight is 581 g/mol. The van der Waals surface area contributed by atoms with E-state index in [1.807, 2.05) is 16.5 Å². The number of halogens is 4. The molecule has 0 aliphatic rings. The van der Waals surface area contributed by atoms with Gasteiger partial charge in [0.05, 0.1) is 26.9 Å². The molecule has 1 aromatic carbocycles. The van der Waals surface area contributed by atoms with Crippen molar-refractivity contribution >= 4 is 66.7 Å². The summed E-state index contributed by atoms with van der Waals surface area (Å²) < 4.78 is 3.40. The molecule has 3 heterocycles. The van der Waals surface area contributed by atoms with Gasteiger partial charge in [-0.2, -0.15) is 5.26 Å². The van der Waals surface area contributed by atoms with Gasteiger partial charge in [0, 0.05) is 29.0 Å². The van der Waals surface area contributed by atoms with Crippen LogP contribution in [0.25, 0.3) is 16.9 Å². The smallest absolute Gasteiger partial charge is 0.210 e. The van der Waals surface area contributed by atoms with E-state index in [0.29, 0.717) is 39.4 Å². The van der Waals surface area contributed by atoms with Crippen molar-refractivity contribution in [2.75, 3.05) is 11.9 Å². The molecular weight excluding hydrogens is 567 g/mol. The summed E-state index contributed by atoms with van der Waals surface area (Å²) in [4.78, 5) is 13.6. The molecule has 0 bridgehead atoms. The van der Waals surface area contributed by atoms with Crippen LogP contribution in [0.4, 0.5) is 5.95 Å². The number of fused-ring (bicyclic) bond motifs is 1. The van der Waals surface area contributed by atoms with Crippen LogP contribution in [0.5, 0.6) is 0 Å². The number of hydrogen-bond acceptors (Lipinski definition) is 5. The average Bonchev–Trinajstić information content (AvgIpc) is 3.16. The lowest BCUT2D eigenvalue weighted by Crippen LogP contribution is -2.11. The number of aryl methyl sites for hydroxylation is 1. The number of pyridine rings is 1. The Morgan fingerprint density at radius 1 is 1.10 bits per heavy atom. The zero-order valence-electron chi connectivity index (χ0n) is 15.9. The topological polar surface area (TPSA) is 78.9 Å². The molecule has 4 rings (SSSR count). The van der Waals surface area contributed by atoms with E-state index >= 15 is 0 Å². The number of nitriles is 1. The van der Waals surface area contributed by atoms with E-state index in [0.717, 1.165) is 33.2 Å².